The lowest BCUT2D eigenvalue weighted by Crippen LogP contribution is -2.51. The number of amides is 2. The van der Waals surface area contributed by atoms with E-state index in [0.717, 1.165) is 49.9 Å². The number of carbonyl (C=O) groups excluding carboxylic acids is 2. The van der Waals surface area contributed by atoms with Crippen LogP contribution in [0.1, 0.15) is 47.8 Å². The van der Waals surface area contributed by atoms with E-state index in [1.165, 1.54) is 23.1 Å². The maximum absolute atomic E-state index is 13.3. The molecular formula is C23H30N4O2. The number of piperazine rings is 1. The second-order valence-corrected chi connectivity index (χ2v) is 9.07. The van der Waals surface area contributed by atoms with Crippen molar-refractivity contribution in [2.75, 3.05) is 32.7 Å². The van der Waals surface area contributed by atoms with Gasteiger partial charge in [-0.05, 0) is 49.7 Å². The van der Waals surface area contributed by atoms with Crippen molar-refractivity contribution in [3.63, 3.8) is 0 Å². The van der Waals surface area contributed by atoms with Gasteiger partial charge in [-0.15, -0.1) is 0 Å². The highest BCUT2D eigenvalue weighted by Gasteiger charge is 2.28. The van der Waals surface area contributed by atoms with Crippen LogP contribution < -0.4 is 5.32 Å². The van der Waals surface area contributed by atoms with E-state index in [4.69, 9.17) is 0 Å². The number of benzene rings is 1. The number of hydrogen-bond donors (Lipinski definition) is 2. The van der Waals surface area contributed by atoms with Crippen LogP contribution in [-0.2, 0) is 17.6 Å². The number of aromatic nitrogens is 1. The van der Waals surface area contributed by atoms with Crippen LogP contribution in [0.15, 0.2) is 18.2 Å². The molecule has 2 fully saturated rings. The summed E-state index contributed by atoms with van der Waals surface area (Å²) in [5.74, 6) is 0.915. The number of para-hydroxylation sites is 1. The summed E-state index contributed by atoms with van der Waals surface area (Å²) in [6.45, 7) is 5.58. The molecule has 1 aromatic heterocycles. The van der Waals surface area contributed by atoms with Gasteiger partial charge in [0, 0.05) is 43.3 Å². The molecule has 2 N–H and O–H groups in total. The monoisotopic (exact) mass is 394 g/mol. The molecule has 1 aromatic carbocycles. The van der Waals surface area contributed by atoms with Crippen LogP contribution in [0.3, 0.4) is 0 Å². The van der Waals surface area contributed by atoms with Crippen molar-refractivity contribution in [1.29, 1.82) is 0 Å². The molecule has 1 atom stereocenters. The molecule has 2 aromatic rings. The van der Waals surface area contributed by atoms with E-state index in [1.807, 2.05) is 17.0 Å². The van der Waals surface area contributed by atoms with E-state index >= 15 is 0 Å². The lowest BCUT2D eigenvalue weighted by Gasteiger charge is -2.34. The Bertz CT molecular complexity index is 938. The number of aromatic amines is 1. The number of H-pyrrole nitrogens is 1. The first-order valence-electron chi connectivity index (χ1n) is 11.0. The van der Waals surface area contributed by atoms with Gasteiger partial charge in [-0.2, -0.15) is 0 Å². The highest BCUT2D eigenvalue weighted by molar-refractivity contribution is 6.06. The molecule has 2 heterocycles. The number of carbonyl (C=O) groups is 2. The smallest absolute Gasteiger partial charge is 0.256 e. The standard InChI is InChI=1S/C23H30N4O2/c1-15-5-8-20-19(13-15)17-3-2-4-18(22(17)25-20)23(29)27-11-9-26(10-12-27)14-21(28)24-16-6-7-16/h2-4,15-16,25H,5-14H2,1H3,(H,24,28). The van der Waals surface area contributed by atoms with E-state index in [2.05, 4.69) is 28.2 Å². The Kier molecular flexibility index (Phi) is 4.82. The van der Waals surface area contributed by atoms with Crippen LogP contribution in [0.5, 0.6) is 0 Å². The Morgan fingerprint density at radius 2 is 1.93 bits per heavy atom. The Hall–Kier alpha value is -2.34. The van der Waals surface area contributed by atoms with Gasteiger partial charge >= 0.3 is 0 Å². The Labute approximate surface area is 171 Å². The van der Waals surface area contributed by atoms with Crippen LogP contribution in [0.25, 0.3) is 10.9 Å². The van der Waals surface area contributed by atoms with Gasteiger partial charge in [0.2, 0.25) is 5.91 Å². The van der Waals surface area contributed by atoms with Crippen molar-refractivity contribution < 1.29 is 9.59 Å². The molecule has 0 radical (unpaired) electrons. The third-order valence-electron chi connectivity index (χ3n) is 6.67. The maximum atomic E-state index is 13.3. The third-order valence-corrected chi connectivity index (χ3v) is 6.67. The van der Waals surface area contributed by atoms with E-state index < -0.39 is 0 Å². The zero-order valence-corrected chi connectivity index (χ0v) is 17.2. The quantitative estimate of drug-likeness (QED) is 0.836. The fourth-order valence-corrected chi connectivity index (χ4v) is 4.78. The van der Waals surface area contributed by atoms with Crippen LogP contribution in [-0.4, -0.2) is 65.4 Å². The Balaban J connectivity index is 1.27. The predicted molar refractivity (Wildman–Crippen MR) is 113 cm³/mol. The summed E-state index contributed by atoms with van der Waals surface area (Å²) in [6.07, 6.45) is 5.59. The molecule has 1 aliphatic heterocycles. The maximum Gasteiger partial charge on any atom is 0.256 e. The lowest BCUT2D eigenvalue weighted by molar-refractivity contribution is -0.122. The summed E-state index contributed by atoms with van der Waals surface area (Å²) in [5, 5.41) is 4.26. The number of nitrogens with one attached hydrogen (secondary N) is 2. The summed E-state index contributed by atoms with van der Waals surface area (Å²) >= 11 is 0. The SMILES string of the molecule is CC1CCc2[nH]c3c(C(=O)N4CCN(CC(=O)NC5CC5)CC4)cccc3c2C1. The molecule has 2 amide bonds. The lowest BCUT2D eigenvalue weighted by atomic mass is 9.87. The summed E-state index contributed by atoms with van der Waals surface area (Å²) in [6, 6.07) is 6.52. The molecule has 0 spiro atoms. The molecule has 1 saturated carbocycles. The van der Waals surface area contributed by atoms with E-state index in [0.29, 0.717) is 31.6 Å². The molecule has 29 heavy (non-hydrogen) atoms. The molecule has 1 unspecified atom stereocenters. The van der Waals surface area contributed by atoms with Crippen molar-refractivity contribution in [3.05, 3.63) is 35.0 Å². The zero-order chi connectivity index (χ0) is 20.0. The van der Waals surface area contributed by atoms with E-state index in [9.17, 15) is 9.59 Å². The molecule has 6 nitrogen and oxygen atoms in total. The minimum Gasteiger partial charge on any atom is -0.358 e. The average molecular weight is 395 g/mol. The molecule has 0 bridgehead atoms. The van der Waals surface area contributed by atoms with Crippen LogP contribution >= 0.6 is 0 Å². The number of fused-ring (bicyclic) bond motifs is 3. The molecule has 6 heteroatoms. The Morgan fingerprint density at radius 1 is 1.14 bits per heavy atom. The number of nitrogens with zero attached hydrogens (tertiary/aromatic N) is 2. The largest absolute Gasteiger partial charge is 0.358 e. The highest BCUT2D eigenvalue weighted by Crippen LogP contribution is 2.33. The first-order valence-corrected chi connectivity index (χ1v) is 11.0. The molecular weight excluding hydrogens is 364 g/mol. The average Bonchev–Trinajstić information content (AvgIpc) is 3.45. The summed E-state index contributed by atoms with van der Waals surface area (Å²) in [5.41, 5.74) is 4.50. The number of hydrogen-bond acceptors (Lipinski definition) is 3. The van der Waals surface area contributed by atoms with Gasteiger partial charge in [-0.3, -0.25) is 14.5 Å². The molecule has 3 aliphatic rings. The molecule has 2 aliphatic carbocycles. The first kappa shape index (κ1) is 18.7. The van der Waals surface area contributed by atoms with Gasteiger partial charge < -0.3 is 15.2 Å². The fourth-order valence-electron chi connectivity index (χ4n) is 4.78. The second kappa shape index (κ2) is 7.48. The first-order chi connectivity index (χ1) is 14.1. The fraction of sp³-hybridized carbons (Fsp3) is 0.565. The van der Waals surface area contributed by atoms with Crippen LogP contribution in [0.2, 0.25) is 0 Å². The topological polar surface area (TPSA) is 68.4 Å². The Morgan fingerprint density at radius 3 is 2.69 bits per heavy atom. The number of rotatable bonds is 4. The van der Waals surface area contributed by atoms with Crippen molar-refractivity contribution >= 4 is 22.7 Å². The summed E-state index contributed by atoms with van der Waals surface area (Å²) in [7, 11) is 0. The van der Waals surface area contributed by atoms with Gasteiger partial charge in [-0.1, -0.05) is 19.1 Å². The summed E-state index contributed by atoms with van der Waals surface area (Å²) < 4.78 is 0. The predicted octanol–water partition coefficient (Wildman–Crippen LogP) is 2.33. The minimum atomic E-state index is 0.101. The highest BCUT2D eigenvalue weighted by atomic mass is 16.2. The van der Waals surface area contributed by atoms with Gasteiger partial charge in [0.15, 0.2) is 0 Å². The van der Waals surface area contributed by atoms with Gasteiger partial charge in [0.1, 0.15) is 0 Å². The van der Waals surface area contributed by atoms with Crippen molar-refractivity contribution in [1.82, 2.24) is 20.1 Å². The minimum absolute atomic E-state index is 0.101. The van der Waals surface area contributed by atoms with Gasteiger partial charge in [0.05, 0.1) is 17.6 Å². The van der Waals surface area contributed by atoms with Gasteiger partial charge in [-0.25, -0.2) is 0 Å². The third kappa shape index (κ3) is 3.78. The van der Waals surface area contributed by atoms with Crippen molar-refractivity contribution in [2.45, 2.75) is 45.1 Å². The molecule has 154 valence electrons. The normalized spacial score (nSPS) is 22.5. The second-order valence-electron chi connectivity index (χ2n) is 9.07. The summed E-state index contributed by atoms with van der Waals surface area (Å²) in [4.78, 5) is 33.0. The number of aryl methyl sites for hydroxylation is 1. The van der Waals surface area contributed by atoms with Gasteiger partial charge in [0.25, 0.3) is 5.91 Å². The zero-order valence-electron chi connectivity index (χ0n) is 17.2. The van der Waals surface area contributed by atoms with Crippen LogP contribution in [0.4, 0.5) is 0 Å². The van der Waals surface area contributed by atoms with E-state index in [-0.39, 0.29) is 11.8 Å². The van der Waals surface area contributed by atoms with Crippen molar-refractivity contribution in [2.24, 2.45) is 5.92 Å². The molecule has 1 saturated heterocycles. The van der Waals surface area contributed by atoms with Crippen LogP contribution in [0, 0.1) is 5.92 Å². The van der Waals surface area contributed by atoms with E-state index in [1.54, 1.807) is 0 Å². The molecule has 5 rings (SSSR count). The van der Waals surface area contributed by atoms with Crippen molar-refractivity contribution in [3.8, 4) is 0 Å².